The second kappa shape index (κ2) is 7.64. The Kier molecular flexibility index (Phi) is 6.06. The summed E-state index contributed by atoms with van der Waals surface area (Å²) in [7, 11) is 0. The van der Waals surface area contributed by atoms with Crippen molar-refractivity contribution in [1.29, 1.82) is 0 Å². The van der Waals surface area contributed by atoms with Crippen LogP contribution in [-0.4, -0.2) is 53.6 Å². The number of morpholine rings is 1. The molecule has 128 valence electrons. The number of rotatable bonds is 3. The van der Waals surface area contributed by atoms with Crippen LogP contribution in [0, 0.1) is 0 Å². The molecule has 2 rings (SSSR count). The first kappa shape index (κ1) is 18.2. The van der Waals surface area contributed by atoms with Gasteiger partial charge in [-0.1, -0.05) is 28.1 Å². The van der Waals surface area contributed by atoms with Gasteiger partial charge in [0.05, 0.1) is 25.4 Å². The second-order valence-corrected chi connectivity index (χ2v) is 7.63. The van der Waals surface area contributed by atoms with E-state index in [0.717, 1.165) is 10.0 Å². The number of benzene rings is 1. The summed E-state index contributed by atoms with van der Waals surface area (Å²) >= 11 is 3.39. The van der Waals surface area contributed by atoms with Crippen molar-refractivity contribution in [3.63, 3.8) is 0 Å². The van der Waals surface area contributed by atoms with Gasteiger partial charge >= 0.3 is 6.09 Å². The average molecular weight is 386 g/mol. The lowest BCUT2D eigenvalue weighted by molar-refractivity contribution is -0.0660. The Morgan fingerprint density at radius 1 is 1.43 bits per heavy atom. The molecular formula is C17H24BrNO4. The molecule has 5 nitrogen and oxygen atoms in total. The van der Waals surface area contributed by atoms with Gasteiger partial charge in [-0.15, -0.1) is 0 Å². The lowest BCUT2D eigenvalue weighted by Gasteiger charge is -2.38. The highest BCUT2D eigenvalue weighted by Gasteiger charge is 2.35. The molecule has 0 radical (unpaired) electrons. The molecule has 1 aromatic carbocycles. The predicted molar refractivity (Wildman–Crippen MR) is 91.4 cm³/mol. The van der Waals surface area contributed by atoms with E-state index in [-0.39, 0.29) is 0 Å². The minimum atomic E-state index is -0.705. The van der Waals surface area contributed by atoms with Gasteiger partial charge in [-0.3, -0.25) is 4.90 Å². The zero-order valence-corrected chi connectivity index (χ0v) is 15.4. The van der Waals surface area contributed by atoms with Crippen molar-refractivity contribution in [3.05, 3.63) is 34.3 Å². The van der Waals surface area contributed by atoms with Gasteiger partial charge in [-0.2, -0.15) is 0 Å². The fourth-order valence-electron chi connectivity index (χ4n) is 2.49. The summed E-state index contributed by atoms with van der Waals surface area (Å²) in [4.78, 5) is 13.9. The quantitative estimate of drug-likeness (QED) is 0.868. The van der Waals surface area contributed by atoms with E-state index in [1.54, 1.807) is 4.90 Å². The molecule has 1 aliphatic rings. The first-order chi connectivity index (χ1) is 10.8. The fourth-order valence-corrected chi connectivity index (χ4v) is 2.75. The minimum absolute atomic E-state index is 0.316. The van der Waals surface area contributed by atoms with Crippen LogP contribution in [0.15, 0.2) is 28.7 Å². The number of aliphatic hydroxyl groups excluding tert-OH is 1. The van der Waals surface area contributed by atoms with E-state index in [2.05, 4.69) is 15.9 Å². The molecule has 0 bridgehead atoms. The number of ether oxygens (including phenoxy) is 2. The van der Waals surface area contributed by atoms with Gasteiger partial charge in [-0.05, 0) is 38.5 Å². The largest absolute Gasteiger partial charge is 0.444 e. The maximum absolute atomic E-state index is 12.4. The first-order valence-corrected chi connectivity index (χ1v) is 8.55. The van der Waals surface area contributed by atoms with Gasteiger partial charge in [0.2, 0.25) is 0 Å². The third kappa shape index (κ3) is 5.48. The van der Waals surface area contributed by atoms with Crippen LogP contribution in [0.2, 0.25) is 0 Å². The number of halogens is 1. The Labute approximate surface area is 145 Å². The van der Waals surface area contributed by atoms with E-state index >= 15 is 0 Å². The highest BCUT2D eigenvalue weighted by Crippen LogP contribution is 2.19. The highest BCUT2D eigenvalue weighted by molar-refractivity contribution is 9.10. The van der Waals surface area contributed by atoms with Crippen LogP contribution in [-0.2, 0) is 15.9 Å². The number of hydrogen-bond acceptors (Lipinski definition) is 4. The van der Waals surface area contributed by atoms with Gasteiger partial charge < -0.3 is 14.6 Å². The monoisotopic (exact) mass is 385 g/mol. The van der Waals surface area contributed by atoms with Gasteiger partial charge in [0, 0.05) is 17.4 Å². The zero-order valence-electron chi connectivity index (χ0n) is 13.8. The first-order valence-electron chi connectivity index (χ1n) is 7.76. The molecule has 1 saturated heterocycles. The Morgan fingerprint density at radius 3 is 2.70 bits per heavy atom. The molecule has 2 unspecified atom stereocenters. The summed E-state index contributed by atoms with van der Waals surface area (Å²) in [6.07, 6.45) is -0.648. The van der Waals surface area contributed by atoms with E-state index in [4.69, 9.17) is 9.47 Å². The van der Waals surface area contributed by atoms with Gasteiger partial charge in [0.15, 0.2) is 0 Å². The number of aliphatic hydroxyl groups is 1. The smallest absolute Gasteiger partial charge is 0.410 e. The van der Waals surface area contributed by atoms with E-state index < -0.39 is 23.8 Å². The summed E-state index contributed by atoms with van der Waals surface area (Å²) in [5, 5.41) is 10.6. The summed E-state index contributed by atoms with van der Waals surface area (Å²) in [6.45, 7) is 6.70. The lowest BCUT2D eigenvalue weighted by Crippen LogP contribution is -2.55. The maximum Gasteiger partial charge on any atom is 0.410 e. The van der Waals surface area contributed by atoms with Crippen LogP contribution in [0.3, 0.4) is 0 Å². The Hall–Kier alpha value is -1.11. The molecule has 0 spiro atoms. The van der Waals surface area contributed by atoms with Crippen molar-refractivity contribution in [2.75, 3.05) is 19.8 Å². The summed E-state index contributed by atoms with van der Waals surface area (Å²) in [5.41, 5.74) is 0.451. The van der Waals surface area contributed by atoms with E-state index in [1.165, 1.54) is 0 Å². The van der Waals surface area contributed by atoms with E-state index in [0.29, 0.717) is 26.2 Å². The Balaban J connectivity index is 2.04. The van der Waals surface area contributed by atoms with Gasteiger partial charge in [-0.25, -0.2) is 4.79 Å². The van der Waals surface area contributed by atoms with Gasteiger partial charge in [0.1, 0.15) is 5.60 Å². The molecule has 1 aliphatic heterocycles. The summed E-state index contributed by atoms with van der Waals surface area (Å²) in [6, 6.07) is 7.38. The van der Waals surface area contributed by atoms with Gasteiger partial charge in [0.25, 0.3) is 0 Å². The normalized spacial score (nSPS) is 20.2. The van der Waals surface area contributed by atoms with Crippen molar-refractivity contribution < 1.29 is 19.4 Å². The molecule has 2 atom stereocenters. The molecule has 0 saturated carbocycles. The van der Waals surface area contributed by atoms with E-state index in [9.17, 15) is 9.90 Å². The van der Waals surface area contributed by atoms with Crippen LogP contribution in [0.4, 0.5) is 4.79 Å². The van der Waals surface area contributed by atoms with Crippen molar-refractivity contribution in [2.45, 2.75) is 44.9 Å². The molecule has 1 aromatic rings. The zero-order chi connectivity index (χ0) is 17.0. The topological polar surface area (TPSA) is 59.0 Å². The number of carbonyl (C=O) groups excluding carboxylic acids is 1. The molecule has 1 N–H and O–H groups in total. The third-order valence-electron chi connectivity index (χ3n) is 3.60. The number of hydrogen-bond donors (Lipinski definition) is 1. The number of amides is 1. The lowest BCUT2D eigenvalue weighted by atomic mass is 10.0. The Morgan fingerprint density at radius 2 is 2.09 bits per heavy atom. The van der Waals surface area contributed by atoms with Crippen LogP contribution in [0.25, 0.3) is 0 Å². The molecule has 1 heterocycles. The van der Waals surface area contributed by atoms with Crippen LogP contribution < -0.4 is 0 Å². The second-order valence-electron chi connectivity index (χ2n) is 6.71. The molecule has 0 aromatic heterocycles. The number of nitrogens with zero attached hydrogens (tertiary/aromatic N) is 1. The fraction of sp³-hybridized carbons (Fsp3) is 0.588. The van der Waals surface area contributed by atoms with Crippen molar-refractivity contribution in [3.8, 4) is 0 Å². The van der Waals surface area contributed by atoms with Crippen LogP contribution in [0.1, 0.15) is 26.3 Å². The van der Waals surface area contributed by atoms with Crippen LogP contribution >= 0.6 is 15.9 Å². The van der Waals surface area contributed by atoms with E-state index in [1.807, 2.05) is 45.0 Å². The molecule has 6 heteroatoms. The molecular weight excluding hydrogens is 362 g/mol. The van der Waals surface area contributed by atoms with Crippen molar-refractivity contribution >= 4 is 22.0 Å². The third-order valence-corrected chi connectivity index (χ3v) is 4.12. The highest BCUT2D eigenvalue weighted by atomic mass is 79.9. The maximum atomic E-state index is 12.4. The number of carbonyl (C=O) groups is 1. The molecule has 1 amide bonds. The van der Waals surface area contributed by atoms with Crippen molar-refractivity contribution in [1.82, 2.24) is 4.90 Å². The molecule has 1 fully saturated rings. The molecule has 0 aliphatic carbocycles. The average Bonchev–Trinajstić information content (AvgIpc) is 2.48. The predicted octanol–water partition coefficient (Wildman–Crippen LogP) is 2.99. The standard InChI is InChI=1S/C17H24BrNO4/c1-17(2,3)23-16(21)19-8-9-22-11-14(19)15(20)10-12-4-6-13(18)7-5-12/h4-7,14-15,20H,8-11H2,1-3H3. The molecule has 23 heavy (non-hydrogen) atoms. The summed E-state index contributed by atoms with van der Waals surface area (Å²) < 4.78 is 11.9. The van der Waals surface area contributed by atoms with Crippen LogP contribution in [0.5, 0.6) is 0 Å². The Bertz CT molecular complexity index is 526. The SMILES string of the molecule is CC(C)(C)OC(=O)N1CCOCC1C(O)Cc1ccc(Br)cc1. The summed E-state index contributed by atoms with van der Waals surface area (Å²) in [5.74, 6) is 0. The van der Waals surface area contributed by atoms with Crippen molar-refractivity contribution in [2.24, 2.45) is 0 Å². The minimum Gasteiger partial charge on any atom is -0.444 e.